The van der Waals surface area contributed by atoms with Crippen molar-refractivity contribution in [1.29, 1.82) is 0 Å². The molecule has 0 atom stereocenters. The second-order valence-electron chi connectivity index (χ2n) is 1.51. The molecule has 0 fully saturated rings. The zero-order chi connectivity index (χ0) is 5.98. The Balaban J connectivity index is 2.92. The minimum Gasteiger partial charge on any atom is -0.494 e. The van der Waals surface area contributed by atoms with Gasteiger partial charge in [0.2, 0.25) is 0 Å². The predicted octanol–water partition coefficient (Wildman–Crippen LogP) is 0.213. The molecule has 1 heterocycles. The molecule has 1 aromatic rings. The number of hydrogen-bond donors (Lipinski definition) is 3. The molecule has 44 valence electrons. The lowest BCUT2D eigenvalue weighted by Crippen LogP contribution is -1.76. The highest BCUT2D eigenvalue weighted by Gasteiger charge is 1.95. The third-order valence-corrected chi connectivity index (χ3v) is 0.979. The van der Waals surface area contributed by atoms with E-state index in [1.54, 1.807) is 12.3 Å². The number of nitrogens with one attached hydrogen (secondary N) is 1. The van der Waals surface area contributed by atoms with E-state index in [0.29, 0.717) is 5.56 Å². The van der Waals surface area contributed by atoms with Crippen LogP contribution in [0.2, 0.25) is 0 Å². The predicted molar refractivity (Wildman–Crippen MR) is 28.4 cm³/mol. The lowest BCUT2D eigenvalue weighted by molar-refractivity contribution is 0.275. The zero-order valence-corrected chi connectivity index (χ0v) is 4.26. The fourth-order valence-electron chi connectivity index (χ4n) is 0.520. The SMILES string of the molecule is OCc1cc[nH]c1O. The van der Waals surface area contributed by atoms with Gasteiger partial charge in [-0.2, -0.15) is 0 Å². The molecule has 0 bridgehead atoms. The van der Waals surface area contributed by atoms with Crippen LogP contribution in [0.15, 0.2) is 12.3 Å². The smallest absolute Gasteiger partial charge is 0.193 e. The van der Waals surface area contributed by atoms with Crippen LogP contribution in [0.5, 0.6) is 5.88 Å². The van der Waals surface area contributed by atoms with Crippen molar-refractivity contribution >= 4 is 0 Å². The Morgan fingerprint density at radius 2 is 2.38 bits per heavy atom. The molecule has 3 nitrogen and oxygen atoms in total. The van der Waals surface area contributed by atoms with Gasteiger partial charge in [-0.25, -0.2) is 0 Å². The molecule has 8 heavy (non-hydrogen) atoms. The normalized spacial score (nSPS) is 9.62. The number of aromatic hydroxyl groups is 1. The molecule has 0 aliphatic carbocycles. The second-order valence-corrected chi connectivity index (χ2v) is 1.51. The maximum Gasteiger partial charge on any atom is 0.193 e. The summed E-state index contributed by atoms with van der Waals surface area (Å²) in [6.07, 6.45) is 1.57. The van der Waals surface area contributed by atoms with Crippen molar-refractivity contribution in [3.8, 4) is 5.88 Å². The van der Waals surface area contributed by atoms with Gasteiger partial charge in [-0.3, -0.25) is 0 Å². The zero-order valence-electron chi connectivity index (χ0n) is 4.26. The van der Waals surface area contributed by atoms with Gasteiger partial charge in [0, 0.05) is 11.8 Å². The van der Waals surface area contributed by atoms with Gasteiger partial charge in [0.1, 0.15) is 0 Å². The van der Waals surface area contributed by atoms with E-state index in [2.05, 4.69) is 4.98 Å². The number of aromatic nitrogens is 1. The van der Waals surface area contributed by atoms with Crippen LogP contribution in [0.3, 0.4) is 0 Å². The van der Waals surface area contributed by atoms with E-state index in [4.69, 9.17) is 10.2 Å². The highest BCUT2D eigenvalue weighted by Crippen LogP contribution is 2.11. The van der Waals surface area contributed by atoms with Gasteiger partial charge in [-0.15, -0.1) is 0 Å². The molecular weight excluding hydrogens is 106 g/mol. The first-order valence-corrected chi connectivity index (χ1v) is 2.30. The quantitative estimate of drug-likeness (QED) is 0.487. The lowest BCUT2D eigenvalue weighted by Gasteiger charge is -1.86. The maximum absolute atomic E-state index is 8.73. The first-order chi connectivity index (χ1) is 3.84. The molecule has 0 amide bonds. The second kappa shape index (κ2) is 1.88. The molecule has 0 saturated carbocycles. The summed E-state index contributed by atoms with van der Waals surface area (Å²) in [5, 5.41) is 17.2. The number of aliphatic hydroxyl groups is 1. The van der Waals surface area contributed by atoms with Crippen molar-refractivity contribution in [3.05, 3.63) is 17.8 Å². The molecule has 1 aromatic heterocycles. The highest BCUT2D eigenvalue weighted by atomic mass is 16.3. The summed E-state index contributed by atoms with van der Waals surface area (Å²) in [6.45, 7) is -0.116. The van der Waals surface area contributed by atoms with Crippen LogP contribution < -0.4 is 0 Å². The summed E-state index contributed by atoms with van der Waals surface area (Å²) in [6, 6.07) is 1.62. The highest BCUT2D eigenvalue weighted by molar-refractivity contribution is 5.23. The molecule has 0 aromatic carbocycles. The van der Waals surface area contributed by atoms with Gasteiger partial charge in [0.15, 0.2) is 5.88 Å². The summed E-state index contributed by atoms with van der Waals surface area (Å²) >= 11 is 0. The molecule has 3 N–H and O–H groups in total. The number of hydrogen-bond acceptors (Lipinski definition) is 2. The minimum absolute atomic E-state index is 0.0486. The summed E-state index contributed by atoms with van der Waals surface area (Å²) in [5.74, 6) is 0.0486. The number of aliphatic hydroxyl groups excluding tert-OH is 1. The molecule has 0 aliphatic heterocycles. The van der Waals surface area contributed by atoms with E-state index < -0.39 is 0 Å². The van der Waals surface area contributed by atoms with Crippen molar-refractivity contribution in [2.24, 2.45) is 0 Å². The fraction of sp³-hybridized carbons (Fsp3) is 0.200. The first kappa shape index (κ1) is 5.18. The molecule has 0 unspecified atom stereocenters. The standard InChI is InChI=1S/C5H7NO2/c7-3-4-1-2-6-5(4)8/h1-2,6-8H,3H2. The van der Waals surface area contributed by atoms with Crippen LogP contribution in [0.1, 0.15) is 5.56 Å². The van der Waals surface area contributed by atoms with Crippen molar-refractivity contribution < 1.29 is 10.2 Å². The summed E-state index contributed by atoms with van der Waals surface area (Å²) in [7, 11) is 0. The molecular formula is C5H7NO2. The van der Waals surface area contributed by atoms with Gasteiger partial charge in [0.05, 0.1) is 6.61 Å². The maximum atomic E-state index is 8.73. The number of H-pyrrole nitrogens is 1. The van der Waals surface area contributed by atoms with Gasteiger partial charge >= 0.3 is 0 Å². The Labute approximate surface area is 46.6 Å². The average Bonchev–Trinajstić information content (AvgIpc) is 2.14. The van der Waals surface area contributed by atoms with Crippen molar-refractivity contribution in [2.45, 2.75) is 6.61 Å². The van der Waals surface area contributed by atoms with Crippen LogP contribution in [0.25, 0.3) is 0 Å². The van der Waals surface area contributed by atoms with Crippen molar-refractivity contribution in [1.82, 2.24) is 4.98 Å². The van der Waals surface area contributed by atoms with Crippen molar-refractivity contribution in [3.63, 3.8) is 0 Å². The molecule has 1 rings (SSSR count). The Hall–Kier alpha value is -0.960. The monoisotopic (exact) mass is 113 g/mol. The van der Waals surface area contributed by atoms with Crippen LogP contribution in [0.4, 0.5) is 0 Å². The Morgan fingerprint density at radius 3 is 2.62 bits per heavy atom. The van der Waals surface area contributed by atoms with Crippen LogP contribution in [0, 0.1) is 0 Å². The van der Waals surface area contributed by atoms with Crippen LogP contribution in [-0.2, 0) is 6.61 Å². The van der Waals surface area contributed by atoms with Crippen molar-refractivity contribution in [2.75, 3.05) is 0 Å². The molecule has 0 spiro atoms. The van der Waals surface area contributed by atoms with Gasteiger partial charge in [0.25, 0.3) is 0 Å². The summed E-state index contributed by atoms with van der Waals surface area (Å²) in [4.78, 5) is 2.52. The molecule has 0 aliphatic rings. The topological polar surface area (TPSA) is 56.2 Å². The van der Waals surface area contributed by atoms with E-state index in [1.165, 1.54) is 0 Å². The third kappa shape index (κ3) is 0.675. The van der Waals surface area contributed by atoms with E-state index >= 15 is 0 Å². The largest absolute Gasteiger partial charge is 0.494 e. The minimum atomic E-state index is -0.116. The number of rotatable bonds is 1. The van der Waals surface area contributed by atoms with E-state index in [1.807, 2.05) is 0 Å². The first-order valence-electron chi connectivity index (χ1n) is 2.30. The molecule has 0 radical (unpaired) electrons. The lowest BCUT2D eigenvalue weighted by atomic mass is 10.3. The van der Waals surface area contributed by atoms with Gasteiger partial charge in [-0.05, 0) is 6.07 Å². The van der Waals surface area contributed by atoms with E-state index in [0.717, 1.165) is 0 Å². The Bertz CT molecular complexity index is 171. The third-order valence-electron chi connectivity index (χ3n) is 0.979. The Kier molecular flexibility index (Phi) is 1.22. The fourth-order valence-corrected chi connectivity index (χ4v) is 0.520. The average molecular weight is 113 g/mol. The van der Waals surface area contributed by atoms with E-state index in [-0.39, 0.29) is 12.5 Å². The van der Waals surface area contributed by atoms with Crippen LogP contribution in [-0.4, -0.2) is 15.2 Å². The van der Waals surface area contributed by atoms with Crippen LogP contribution >= 0.6 is 0 Å². The summed E-state index contributed by atoms with van der Waals surface area (Å²) in [5.41, 5.74) is 0.532. The molecule has 3 heteroatoms. The van der Waals surface area contributed by atoms with Gasteiger partial charge in [-0.1, -0.05) is 0 Å². The van der Waals surface area contributed by atoms with E-state index in [9.17, 15) is 0 Å². The summed E-state index contributed by atoms with van der Waals surface area (Å²) < 4.78 is 0. The molecule has 0 saturated heterocycles. The van der Waals surface area contributed by atoms with Gasteiger partial charge < -0.3 is 15.2 Å². The Morgan fingerprint density at radius 1 is 1.62 bits per heavy atom. The number of aromatic amines is 1.